The van der Waals surface area contributed by atoms with E-state index in [-0.39, 0.29) is 5.91 Å². The number of carbonyl (C=O) groups is 1. The Hall–Kier alpha value is -1.68. The minimum absolute atomic E-state index is 0.0749. The van der Waals surface area contributed by atoms with Crippen LogP contribution < -0.4 is 10.3 Å². The lowest BCUT2D eigenvalue weighted by Gasteiger charge is -2.28. The number of anilines is 1. The van der Waals surface area contributed by atoms with Crippen LogP contribution in [0, 0.1) is 5.41 Å². The molecule has 1 atom stereocenters. The number of nitrogens with one attached hydrogen (secondary N) is 1. The second kappa shape index (κ2) is 3.67. The average molecular weight is 229 g/mol. The van der Waals surface area contributed by atoms with Gasteiger partial charge in [0.15, 0.2) is 0 Å². The van der Waals surface area contributed by atoms with Crippen LogP contribution in [0.5, 0.6) is 0 Å². The lowest BCUT2D eigenvalue weighted by Crippen LogP contribution is -2.49. The molecule has 88 valence electrons. The van der Waals surface area contributed by atoms with E-state index in [1.165, 1.54) is 0 Å². The predicted molar refractivity (Wildman–Crippen MR) is 67.0 cm³/mol. The summed E-state index contributed by atoms with van der Waals surface area (Å²) in [6.45, 7) is 3.57. The Kier molecular flexibility index (Phi) is 2.26. The summed E-state index contributed by atoms with van der Waals surface area (Å²) < 4.78 is 0. The first-order valence-electron chi connectivity index (χ1n) is 5.90. The molecule has 2 heterocycles. The topological polar surface area (TPSA) is 44.7 Å². The average Bonchev–Trinajstić information content (AvgIpc) is 2.64. The summed E-state index contributed by atoms with van der Waals surface area (Å²) >= 11 is 0. The number of hydrogen-bond acceptors (Lipinski definition) is 3. The number of hydrogen-bond donors (Lipinski definition) is 1. The molecule has 4 heteroatoms. The smallest absolute Gasteiger partial charge is 0.260 e. The van der Waals surface area contributed by atoms with Crippen LogP contribution in [-0.2, 0) is 4.79 Å². The molecule has 2 aliphatic rings. The van der Waals surface area contributed by atoms with Crippen molar-refractivity contribution in [3.8, 4) is 0 Å². The molecule has 0 saturated carbocycles. The van der Waals surface area contributed by atoms with E-state index in [9.17, 15) is 4.79 Å². The molecular formula is C13H15N3O. The van der Waals surface area contributed by atoms with Crippen LogP contribution in [0.25, 0.3) is 0 Å². The maximum absolute atomic E-state index is 12.4. The van der Waals surface area contributed by atoms with Gasteiger partial charge in [0.2, 0.25) is 0 Å². The van der Waals surface area contributed by atoms with Gasteiger partial charge in [-0.2, -0.15) is 10.1 Å². The summed E-state index contributed by atoms with van der Waals surface area (Å²) in [5.74, 6) is 0.0749. The van der Waals surface area contributed by atoms with Gasteiger partial charge in [-0.3, -0.25) is 4.79 Å². The van der Waals surface area contributed by atoms with Crippen LogP contribution in [0.2, 0.25) is 0 Å². The van der Waals surface area contributed by atoms with Gasteiger partial charge in [0.1, 0.15) is 5.41 Å². The number of hydrazone groups is 1. The fourth-order valence-corrected chi connectivity index (χ4v) is 2.43. The Balaban J connectivity index is 2.00. The molecule has 1 aromatic carbocycles. The number of amides is 1. The van der Waals surface area contributed by atoms with Crippen molar-refractivity contribution in [2.45, 2.75) is 13.3 Å². The molecule has 0 bridgehead atoms. The Morgan fingerprint density at radius 2 is 2.12 bits per heavy atom. The van der Waals surface area contributed by atoms with Gasteiger partial charge in [0, 0.05) is 19.5 Å². The second-order valence-electron chi connectivity index (χ2n) is 4.76. The number of benzene rings is 1. The Morgan fingerprint density at radius 1 is 1.35 bits per heavy atom. The van der Waals surface area contributed by atoms with Crippen molar-refractivity contribution in [1.29, 1.82) is 0 Å². The molecule has 0 radical (unpaired) electrons. The first kappa shape index (κ1) is 10.5. The van der Waals surface area contributed by atoms with Crippen LogP contribution >= 0.6 is 0 Å². The highest BCUT2D eigenvalue weighted by Gasteiger charge is 2.48. The summed E-state index contributed by atoms with van der Waals surface area (Å²) in [7, 11) is 0. The molecule has 1 fully saturated rings. The lowest BCUT2D eigenvalue weighted by molar-refractivity contribution is -0.123. The Labute approximate surface area is 100 Å². The minimum atomic E-state index is -0.450. The number of fused-ring (bicyclic) bond motifs is 1. The van der Waals surface area contributed by atoms with Gasteiger partial charge >= 0.3 is 0 Å². The molecule has 4 nitrogen and oxygen atoms in total. The molecule has 17 heavy (non-hydrogen) atoms. The summed E-state index contributed by atoms with van der Waals surface area (Å²) in [5, 5.41) is 9.31. The zero-order valence-electron chi connectivity index (χ0n) is 9.81. The second-order valence-corrected chi connectivity index (χ2v) is 4.76. The zero-order valence-corrected chi connectivity index (χ0v) is 9.81. The molecule has 1 aromatic rings. The molecule has 1 unspecified atom stereocenters. The standard InChI is InChI=1S/C13H15N3O/c1-13-9-14-8-7-11(13)15-16(12(13)17)10-5-3-2-4-6-10/h2-6,14H,7-9H2,1H3. The first-order chi connectivity index (χ1) is 8.22. The van der Waals surface area contributed by atoms with Crippen LogP contribution in [-0.4, -0.2) is 24.7 Å². The van der Waals surface area contributed by atoms with E-state index in [0.717, 1.165) is 24.4 Å². The molecule has 1 saturated heterocycles. The van der Waals surface area contributed by atoms with E-state index in [1.54, 1.807) is 5.01 Å². The van der Waals surface area contributed by atoms with Crippen molar-refractivity contribution in [1.82, 2.24) is 5.32 Å². The van der Waals surface area contributed by atoms with E-state index in [2.05, 4.69) is 10.4 Å². The number of carbonyl (C=O) groups excluding carboxylic acids is 1. The van der Waals surface area contributed by atoms with E-state index < -0.39 is 5.41 Å². The van der Waals surface area contributed by atoms with Crippen molar-refractivity contribution in [2.75, 3.05) is 18.1 Å². The molecule has 3 rings (SSSR count). The first-order valence-corrected chi connectivity index (χ1v) is 5.90. The summed E-state index contributed by atoms with van der Waals surface area (Å²) in [6, 6.07) is 9.61. The van der Waals surface area contributed by atoms with Gasteiger partial charge in [-0.05, 0) is 19.1 Å². The molecule has 0 aromatic heterocycles. The summed E-state index contributed by atoms with van der Waals surface area (Å²) in [4.78, 5) is 12.4. The SMILES string of the molecule is CC12CNCCC1=NN(c1ccccc1)C2=O. The van der Waals surface area contributed by atoms with Crippen LogP contribution in [0.15, 0.2) is 35.4 Å². The van der Waals surface area contributed by atoms with Crippen molar-refractivity contribution < 1.29 is 4.79 Å². The fourth-order valence-electron chi connectivity index (χ4n) is 2.43. The minimum Gasteiger partial charge on any atom is -0.315 e. The molecule has 2 aliphatic heterocycles. The van der Waals surface area contributed by atoms with Crippen LogP contribution in [0.3, 0.4) is 0 Å². The summed E-state index contributed by atoms with van der Waals surface area (Å²) in [5.41, 5.74) is 1.40. The Bertz CT molecular complexity index is 483. The van der Waals surface area contributed by atoms with Crippen molar-refractivity contribution in [2.24, 2.45) is 10.5 Å². The summed E-state index contributed by atoms with van der Waals surface area (Å²) in [6.07, 6.45) is 0.853. The molecule has 0 aliphatic carbocycles. The highest BCUT2D eigenvalue weighted by molar-refractivity contribution is 6.19. The number of piperidine rings is 1. The van der Waals surface area contributed by atoms with Gasteiger partial charge in [-0.1, -0.05) is 18.2 Å². The van der Waals surface area contributed by atoms with Crippen molar-refractivity contribution >= 4 is 17.3 Å². The number of nitrogens with zero attached hydrogens (tertiary/aromatic N) is 2. The monoisotopic (exact) mass is 229 g/mol. The highest BCUT2D eigenvalue weighted by Crippen LogP contribution is 2.34. The molecule has 1 N–H and O–H groups in total. The fraction of sp³-hybridized carbons (Fsp3) is 0.385. The van der Waals surface area contributed by atoms with Crippen LogP contribution in [0.4, 0.5) is 5.69 Å². The van der Waals surface area contributed by atoms with Gasteiger partial charge in [0.25, 0.3) is 5.91 Å². The van der Waals surface area contributed by atoms with Crippen molar-refractivity contribution in [3.05, 3.63) is 30.3 Å². The maximum atomic E-state index is 12.4. The third-order valence-electron chi connectivity index (χ3n) is 3.54. The van der Waals surface area contributed by atoms with E-state index in [1.807, 2.05) is 37.3 Å². The normalized spacial score (nSPS) is 27.9. The molecule has 0 spiro atoms. The predicted octanol–water partition coefficient (Wildman–Crippen LogP) is 1.39. The van der Waals surface area contributed by atoms with E-state index in [4.69, 9.17) is 0 Å². The lowest BCUT2D eigenvalue weighted by atomic mass is 9.81. The third-order valence-corrected chi connectivity index (χ3v) is 3.54. The molecule has 1 amide bonds. The molecular weight excluding hydrogens is 214 g/mol. The third kappa shape index (κ3) is 1.48. The van der Waals surface area contributed by atoms with Gasteiger partial charge in [-0.15, -0.1) is 0 Å². The number of rotatable bonds is 1. The van der Waals surface area contributed by atoms with E-state index >= 15 is 0 Å². The zero-order chi connectivity index (χ0) is 11.9. The quantitative estimate of drug-likeness (QED) is 0.791. The Morgan fingerprint density at radius 3 is 2.82 bits per heavy atom. The number of para-hydroxylation sites is 1. The maximum Gasteiger partial charge on any atom is 0.260 e. The van der Waals surface area contributed by atoms with Gasteiger partial charge in [-0.25, -0.2) is 0 Å². The van der Waals surface area contributed by atoms with Gasteiger partial charge < -0.3 is 5.32 Å². The van der Waals surface area contributed by atoms with Crippen molar-refractivity contribution in [3.63, 3.8) is 0 Å². The van der Waals surface area contributed by atoms with E-state index in [0.29, 0.717) is 6.54 Å². The van der Waals surface area contributed by atoms with Crippen LogP contribution in [0.1, 0.15) is 13.3 Å². The largest absolute Gasteiger partial charge is 0.315 e. The van der Waals surface area contributed by atoms with Gasteiger partial charge in [0.05, 0.1) is 11.4 Å². The highest BCUT2D eigenvalue weighted by atomic mass is 16.2.